The fourth-order valence-electron chi connectivity index (χ4n) is 3.80. The van der Waals surface area contributed by atoms with Crippen molar-refractivity contribution in [3.63, 3.8) is 0 Å². The van der Waals surface area contributed by atoms with E-state index in [-0.39, 0.29) is 17.6 Å². The third-order valence-electron chi connectivity index (χ3n) is 5.09. The van der Waals surface area contributed by atoms with Crippen molar-refractivity contribution in [3.8, 4) is 5.75 Å². The standard InChI is InChI=1S/C21H32N4O2/c1-4-22-20(23-12-11-19(26)25-13-7-8-14-25)24-17-15-21(2,3)27-18-10-6-5-9-16(17)18/h5-6,9-10,17H,4,7-8,11-15H2,1-3H3,(H2,22,23,24). The highest BCUT2D eigenvalue weighted by atomic mass is 16.5. The summed E-state index contributed by atoms with van der Waals surface area (Å²) in [7, 11) is 0. The van der Waals surface area contributed by atoms with E-state index in [1.54, 1.807) is 0 Å². The number of ether oxygens (including phenoxy) is 1. The van der Waals surface area contributed by atoms with Crippen LogP contribution in [-0.2, 0) is 4.79 Å². The van der Waals surface area contributed by atoms with E-state index in [1.807, 2.05) is 23.1 Å². The minimum atomic E-state index is -0.241. The van der Waals surface area contributed by atoms with E-state index < -0.39 is 0 Å². The Morgan fingerprint density at radius 2 is 2.04 bits per heavy atom. The topological polar surface area (TPSA) is 66.0 Å². The number of carbonyl (C=O) groups is 1. The van der Waals surface area contributed by atoms with Gasteiger partial charge in [0.1, 0.15) is 11.4 Å². The molecule has 2 heterocycles. The highest BCUT2D eigenvalue weighted by Crippen LogP contribution is 2.39. The summed E-state index contributed by atoms with van der Waals surface area (Å²) >= 11 is 0. The first-order valence-corrected chi connectivity index (χ1v) is 10.1. The molecule has 1 amide bonds. The lowest BCUT2D eigenvalue weighted by molar-refractivity contribution is -0.129. The Labute approximate surface area is 162 Å². The molecule has 0 radical (unpaired) electrons. The number of nitrogens with zero attached hydrogens (tertiary/aromatic N) is 2. The van der Waals surface area contributed by atoms with Gasteiger partial charge in [-0.3, -0.25) is 9.79 Å². The maximum atomic E-state index is 12.2. The number of guanidine groups is 1. The van der Waals surface area contributed by atoms with Crippen LogP contribution in [0.25, 0.3) is 0 Å². The van der Waals surface area contributed by atoms with E-state index in [0.29, 0.717) is 13.0 Å². The van der Waals surface area contributed by atoms with Crippen LogP contribution in [0.5, 0.6) is 5.75 Å². The second-order valence-corrected chi connectivity index (χ2v) is 7.90. The maximum absolute atomic E-state index is 12.2. The molecule has 3 rings (SSSR count). The number of rotatable bonds is 5. The van der Waals surface area contributed by atoms with Crippen molar-refractivity contribution in [3.05, 3.63) is 29.8 Å². The highest BCUT2D eigenvalue weighted by Gasteiger charge is 2.34. The Morgan fingerprint density at radius 3 is 2.78 bits per heavy atom. The molecule has 0 bridgehead atoms. The van der Waals surface area contributed by atoms with E-state index in [1.165, 1.54) is 0 Å². The fourth-order valence-corrected chi connectivity index (χ4v) is 3.80. The Morgan fingerprint density at radius 1 is 1.30 bits per heavy atom. The third-order valence-corrected chi connectivity index (χ3v) is 5.09. The molecule has 2 N–H and O–H groups in total. The molecule has 0 aliphatic carbocycles. The molecule has 27 heavy (non-hydrogen) atoms. The molecule has 1 aromatic carbocycles. The van der Waals surface area contributed by atoms with Gasteiger partial charge in [0.15, 0.2) is 5.96 Å². The van der Waals surface area contributed by atoms with Crippen LogP contribution in [0.15, 0.2) is 29.3 Å². The summed E-state index contributed by atoms with van der Waals surface area (Å²) in [5.74, 6) is 1.89. The van der Waals surface area contributed by atoms with Crippen molar-refractivity contribution in [2.24, 2.45) is 4.99 Å². The number of nitrogens with one attached hydrogen (secondary N) is 2. The smallest absolute Gasteiger partial charge is 0.224 e. The molecule has 0 saturated carbocycles. The highest BCUT2D eigenvalue weighted by molar-refractivity contribution is 5.81. The second kappa shape index (κ2) is 8.63. The van der Waals surface area contributed by atoms with Gasteiger partial charge in [-0.25, -0.2) is 0 Å². The Hall–Kier alpha value is -2.24. The number of para-hydroxylation sites is 1. The van der Waals surface area contributed by atoms with Crippen LogP contribution >= 0.6 is 0 Å². The first-order chi connectivity index (χ1) is 13.0. The van der Waals surface area contributed by atoms with Crippen LogP contribution in [0.2, 0.25) is 0 Å². The number of amides is 1. The number of fused-ring (bicyclic) bond motifs is 1. The van der Waals surface area contributed by atoms with Crippen LogP contribution in [0.4, 0.5) is 0 Å². The van der Waals surface area contributed by atoms with Gasteiger partial charge in [-0.2, -0.15) is 0 Å². The molecule has 148 valence electrons. The summed E-state index contributed by atoms with van der Waals surface area (Å²) in [6.45, 7) is 9.34. The predicted octanol–water partition coefficient (Wildman–Crippen LogP) is 2.86. The molecule has 6 nitrogen and oxygen atoms in total. The first kappa shape index (κ1) is 19.5. The van der Waals surface area contributed by atoms with Crippen LogP contribution in [0.3, 0.4) is 0 Å². The van der Waals surface area contributed by atoms with Gasteiger partial charge < -0.3 is 20.3 Å². The Bertz CT molecular complexity index is 681. The summed E-state index contributed by atoms with van der Waals surface area (Å²) in [5.41, 5.74) is 0.908. The van der Waals surface area contributed by atoms with Crippen molar-refractivity contribution >= 4 is 11.9 Å². The fraction of sp³-hybridized carbons (Fsp3) is 0.619. The van der Waals surface area contributed by atoms with Crippen LogP contribution < -0.4 is 15.4 Å². The van der Waals surface area contributed by atoms with Gasteiger partial charge >= 0.3 is 0 Å². The average molecular weight is 373 g/mol. The summed E-state index contributed by atoms with van der Waals surface area (Å²) in [6, 6.07) is 8.28. The molecule has 6 heteroatoms. The minimum absolute atomic E-state index is 0.122. The quantitative estimate of drug-likeness (QED) is 0.616. The van der Waals surface area contributed by atoms with E-state index in [2.05, 4.69) is 42.5 Å². The molecule has 2 aliphatic rings. The summed E-state index contributed by atoms with van der Waals surface area (Å²) in [4.78, 5) is 18.8. The lowest BCUT2D eigenvalue weighted by atomic mass is 9.90. The van der Waals surface area contributed by atoms with E-state index >= 15 is 0 Å². The van der Waals surface area contributed by atoms with Crippen LogP contribution in [-0.4, -0.2) is 48.5 Å². The van der Waals surface area contributed by atoms with Gasteiger partial charge in [0.2, 0.25) is 5.91 Å². The number of carbonyl (C=O) groups excluding carboxylic acids is 1. The van der Waals surface area contributed by atoms with E-state index in [4.69, 9.17) is 4.74 Å². The molecule has 0 aromatic heterocycles. The van der Waals surface area contributed by atoms with E-state index in [0.717, 1.165) is 56.2 Å². The monoisotopic (exact) mass is 372 g/mol. The molecule has 0 spiro atoms. The number of hydrogen-bond acceptors (Lipinski definition) is 3. The Kier molecular flexibility index (Phi) is 6.24. The summed E-state index contributed by atoms with van der Waals surface area (Å²) in [5, 5.41) is 6.85. The zero-order chi connectivity index (χ0) is 19.3. The summed E-state index contributed by atoms with van der Waals surface area (Å²) in [6.07, 6.45) is 3.56. The zero-order valence-electron chi connectivity index (χ0n) is 16.8. The van der Waals surface area contributed by atoms with Crippen LogP contribution in [0, 0.1) is 0 Å². The lowest BCUT2D eigenvalue weighted by Crippen LogP contribution is -2.45. The van der Waals surface area contributed by atoms with Crippen molar-refractivity contribution < 1.29 is 9.53 Å². The van der Waals surface area contributed by atoms with Gasteiger partial charge in [-0.05, 0) is 39.7 Å². The van der Waals surface area contributed by atoms with Gasteiger partial charge in [0, 0.05) is 38.0 Å². The zero-order valence-corrected chi connectivity index (χ0v) is 16.8. The first-order valence-electron chi connectivity index (χ1n) is 10.1. The minimum Gasteiger partial charge on any atom is -0.487 e. The number of aliphatic imine (C=N–C) groups is 1. The molecule has 1 aromatic rings. The Balaban J connectivity index is 1.65. The van der Waals surface area contributed by atoms with Crippen molar-refractivity contribution in [1.29, 1.82) is 0 Å². The molecular formula is C21H32N4O2. The van der Waals surface area contributed by atoms with Gasteiger partial charge in [0.25, 0.3) is 0 Å². The summed E-state index contributed by atoms with van der Waals surface area (Å²) < 4.78 is 6.11. The molecule has 1 unspecified atom stereocenters. The van der Waals surface area contributed by atoms with Crippen molar-refractivity contribution in [2.75, 3.05) is 26.2 Å². The second-order valence-electron chi connectivity index (χ2n) is 7.90. The molecule has 1 saturated heterocycles. The molecule has 1 atom stereocenters. The van der Waals surface area contributed by atoms with Crippen LogP contribution in [0.1, 0.15) is 58.1 Å². The average Bonchev–Trinajstić information content (AvgIpc) is 3.15. The number of benzene rings is 1. The molecule has 2 aliphatic heterocycles. The maximum Gasteiger partial charge on any atom is 0.224 e. The van der Waals surface area contributed by atoms with Crippen molar-refractivity contribution in [1.82, 2.24) is 15.5 Å². The van der Waals surface area contributed by atoms with Gasteiger partial charge in [-0.1, -0.05) is 18.2 Å². The van der Waals surface area contributed by atoms with Gasteiger partial charge in [-0.15, -0.1) is 0 Å². The van der Waals surface area contributed by atoms with Crippen molar-refractivity contribution in [2.45, 2.75) is 58.1 Å². The molecular weight excluding hydrogens is 340 g/mol. The largest absolute Gasteiger partial charge is 0.487 e. The SMILES string of the molecule is CCNC(=NCCC(=O)N1CCCC1)NC1CC(C)(C)Oc2ccccc21. The third kappa shape index (κ3) is 5.15. The lowest BCUT2D eigenvalue weighted by Gasteiger charge is -2.38. The number of likely N-dealkylation sites (tertiary alicyclic amines) is 1. The number of hydrogen-bond donors (Lipinski definition) is 2. The van der Waals surface area contributed by atoms with Gasteiger partial charge in [0.05, 0.1) is 12.6 Å². The predicted molar refractivity (Wildman–Crippen MR) is 108 cm³/mol. The van der Waals surface area contributed by atoms with E-state index in [9.17, 15) is 4.79 Å². The normalized spacial score (nSPS) is 21.4. The molecule has 1 fully saturated rings.